The van der Waals surface area contributed by atoms with Crippen LogP contribution < -0.4 is 5.32 Å². The molecule has 0 amide bonds. The highest BCUT2D eigenvalue weighted by Gasteiger charge is 2.25. The average Bonchev–Trinajstić information content (AvgIpc) is 2.89. The Morgan fingerprint density at radius 1 is 1.50 bits per heavy atom. The smallest absolute Gasteiger partial charge is 0.193 e. The molecule has 1 aliphatic rings. The molecule has 2 heterocycles. The molecule has 1 aliphatic heterocycles. The largest absolute Gasteiger partial charge is 0.352 e. The molecule has 22 heavy (non-hydrogen) atoms. The molecular weight excluding hydrogens is 411 g/mol. The average molecular weight is 437 g/mol. The molecule has 0 radical (unpaired) electrons. The summed E-state index contributed by atoms with van der Waals surface area (Å²) in [6.45, 7) is 7.52. The minimum absolute atomic E-state index is 0. The molecule has 1 atom stereocenters. The minimum Gasteiger partial charge on any atom is -0.352 e. The predicted molar refractivity (Wildman–Crippen MR) is 104 cm³/mol. The van der Waals surface area contributed by atoms with E-state index in [2.05, 4.69) is 34.0 Å². The second-order valence-corrected chi connectivity index (χ2v) is 6.51. The first-order valence-electron chi connectivity index (χ1n) is 7.64. The van der Waals surface area contributed by atoms with Crippen molar-refractivity contribution in [1.29, 1.82) is 0 Å². The van der Waals surface area contributed by atoms with Gasteiger partial charge >= 0.3 is 0 Å². The van der Waals surface area contributed by atoms with Gasteiger partial charge in [-0.05, 0) is 36.3 Å². The Morgan fingerprint density at radius 2 is 2.27 bits per heavy atom. The third kappa shape index (κ3) is 5.91. The van der Waals surface area contributed by atoms with Gasteiger partial charge in [-0.3, -0.25) is 4.99 Å². The van der Waals surface area contributed by atoms with Gasteiger partial charge in [0, 0.05) is 32.9 Å². The van der Waals surface area contributed by atoms with Gasteiger partial charge in [-0.1, -0.05) is 31.5 Å². The van der Waals surface area contributed by atoms with Crippen LogP contribution in [0.25, 0.3) is 0 Å². The number of aromatic nitrogens is 1. The monoisotopic (exact) mass is 436 g/mol. The van der Waals surface area contributed by atoms with Crippen molar-refractivity contribution in [2.45, 2.75) is 33.2 Å². The van der Waals surface area contributed by atoms with Crippen LogP contribution in [0.5, 0.6) is 0 Å². The fraction of sp³-hybridized carbons (Fsp3) is 0.625. The molecular formula is C16H26ClIN4. The molecule has 1 saturated heterocycles. The topological polar surface area (TPSA) is 40.5 Å². The fourth-order valence-corrected chi connectivity index (χ4v) is 3.02. The van der Waals surface area contributed by atoms with E-state index in [-0.39, 0.29) is 24.0 Å². The first kappa shape index (κ1) is 19.5. The van der Waals surface area contributed by atoms with Crippen LogP contribution in [0.15, 0.2) is 23.3 Å². The zero-order chi connectivity index (χ0) is 15.2. The van der Waals surface area contributed by atoms with Crippen LogP contribution in [-0.2, 0) is 6.54 Å². The van der Waals surface area contributed by atoms with Crippen LogP contribution in [0.2, 0.25) is 5.15 Å². The van der Waals surface area contributed by atoms with Crippen molar-refractivity contribution < 1.29 is 0 Å². The summed E-state index contributed by atoms with van der Waals surface area (Å²) in [5, 5.41) is 3.94. The number of likely N-dealkylation sites (tertiary alicyclic amines) is 1. The first-order valence-corrected chi connectivity index (χ1v) is 8.02. The van der Waals surface area contributed by atoms with Crippen LogP contribution in [0.1, 0.15) is 32.3 Å². The highest BCUT2D eigenvalue weighted by atomic mass is 127. The maximum Gasteiger partial charge on any atom is 0.193 e. The molecule has 1 aromatic heterocycles. The molecule has 1 N–H and O–H groups in total. The molecule has 0 aromatic carbocycles. The molecule has 1 aromatic rings. The minimum atomic E-state index is 0. The standard InChI is InChI=1S/C16H25ClN4.HI/c1-12(2)8-13-6-7-21(11-13)16(18-3)20-10-14-4-5-15(17)19-9-14;/h4-5,9,12-13H,6-8,10-11H2,1-3H3,(H,18,20);1H. The van der Waals surface area contributed by atoms with Crippen LogP contribution in [0, 0.1) is 11.8 Å². The highest BCUT2D eigenvalue weighted by Crippen LogP contribution is 2.23. The highest BCUT2D eigenvalue weighted by molar-refractivity contribution is 14.0. The van der Waals surface area contributed by atoms with Gasteiger partial charge < -0.3 is 10.2 Å². The van der Waals surface area contributed by atoms with Crippen LogP contribution in [0.3, 0.4) is 0 Å². The van der Waals surface area contributed by atoms with Gasteiger partial charge in [0.05, 0.1) is 0 Å². The van der Waals surface area contributed by atoms with Crippen LogP contribution in [0.4, 0.5) is 0 Å². The third-order valence-electron chi connectivity index (χ3n) is 3.84. The van der Waals surface area contributed by atoms with Gasteiger partial charge in [0.15, 0.2) is 5.96 Å². The van der Waals surface area contributed by atoms with Crippen molar-refractivity contribution in [3.63, 3.8) is 0 Å². The van der Waals surface area contributed by atoms with Gasteiger partial charge in [-0.25, -0.2) is 4.98 Å². The van der Waals surface area contributed by atoms with Crippen molar-refractivity contribution in [2.75, 3.05) is 20.1 Å². The van der Waals surface area contributed by atoms with Crippen LogP contribution in [-0.4, -0.2) is 36.0 Å². The molecule has 0 aliphatic carbocycles. The molecule has 1 fully saturated rings. The van der Waals surface area contributed by atoms with E-state index < -0.39 is 0 Å². The number of aliphatic imine (C=N–C) groups is 1. The quantitative estimate of drug-likeness (QED) is 0.338. The summed E-state index contributed by atoms with van der Waals surface area (Å²) < 4.78 is 0. The van der Waals surface area contributed by atoms with Gasteiger partial charge in [0.1, 0.15) is 5.15 Å². The summed E-state index contributed by atoms with van der Waals surface area (Å²) in [5.41, 5.74) is 1.11. The lowest BCUT2D eigenvalue weighted by Gasteiger charge is -2.22. The van der Waals surface area contributed by atoms with E-state index in [1.54, 1.807) is 6.20 Å². The van der Waals surface area contributed by atoms with Crippen molar-refractivity contribution in [1.82, 2.24) is 15.2 Å². The van der Waals surface area contributed by atoms with Crippen molar-refractivity contribution in [3.8, 4) is 0 Å². The van der Waals surface area contributed by atoms with Crippen molar-refractivity contribution in [3.05, 3.63) is 29.0 Å². The van der Waals surface area contributed by atoms with E-state index in [1.165, 1.54) is 12.8 Å². The lowest BCUT2D eigenvalue weighted by atomic mass is 9.97. The Kier molecular flexibility index (Phi) is 8.46. The summed E-state index contributed by atoms with van der Waals surface area (Å²) in [4.78, 5) is 10.9. The molecule has 1 unspecified atom stereocenters. The van der Waals surface area contributed by atoms with E-state index in [1.807, 2.05) is 19.2 Å². The fourth-order valence-electron chi connectivity index (χ4n) is 2.91. The van der Waals surface area contributed by atoms with Gasteiger partial charge in [-0.15, -0.1) is 24.0 Å². The maximum atomic E-state index is 5.80. The summed E-state index contributed by atoms with van der Waals surface area (Å²) in [6.07, 6.45) is 4.37. The number of pyridine rings is 1. The Morgan fingerprint density at radius 3 is 2.86 bits per heavy atom. The zero-order valence-electron chi connectivity index (χ0n) is 13.6. The number of guanidine groups is 1. The lowest BCUT2D eigenvalue weighted by Crippen LogP contribution is -2.39. The molecule has 124 valence electrons. The second-order valence-electron chi connectivity index (χ2n) is 6.12. The normalized spacial score (nSPS) is 18.5. The van der Waals surface area contributed by atoms with E-state index in [4.69, 9.17) is 11.6 Å². The van der Waals surface area contributed by atoms with E-state index in [0.717, 1.165) is 43.0 Å². The van der Waals surface area contributed by atoms with Gasteiger partial charge in [-0.2, -0.15) is 0 Å². The Bertz CT molecular complexity index is 476. The van der Waals surface area contributed by atoms with Crippen LogP contribution >= 0.6 is 35.6 Å². The number of hydrogen-bond donors (Lipinski definition) is 1. The second kappa shape index (κ2) is 9.55. The maximum absolute atomic E-state index is 5.80. The lowest BCUT2D eigenvalue weighted by molar-refractivity contribution is 0.403. The zero-order valence-corrected chi connectivity index (χ0v) is 16.6. The van der Waals surface area contributed by atoms with Crippen molar-refractivity contribution in [2.24, 2.45) is 16.8 Å². The van der Waals surface area contributed by atoms with Gasteiger partial charge in [0.25, 0.3) is 0 Å². The summed E-state index contributed by atoms with van der Waals surface area (Å²) >= 11 is 5.80. The van der Waals surface area contributed by atoms with E-state index in [0.29, 0.717) is 5.15 Å². The summed E-state index contributed by atoms with van der Waals surface area (Å²) in [7, 11) is 1.85. The molecule has 0 saturated carbocycles. The van der Waals surface area contributed by atoms with Gasteiger partial charge in [0.2, 0.25) is 0 Å². The van der Waals surface area contributed by atoms with E-state index in [9.17, 15) is 0 Å². The Labute approximate surface area is 155 Å². The molecule has 4 nitrogen and oxygen atoms in total. The van der Waals surface area contributed by atoms with Crippen molar-refractivity contribution >= 4 is 41.5 Å². The summed E-state index contributed by atoms with van der Waals surface area (Å²) in [6, 6.07) is 3.80. The third-order valence-corrected chi connectivity index (χ3v) is 4.06. The molecule has 0 bridgehead atoms. The molecule has 6 heteroatoms. The number of nitrogens with zero attached hydrogens (tertiary/aromatic N) is 3. The number of rotatable bonds is 4. The summed E-state index contributed by atoms with van der Waals surface area (Å²) in [5.74, 6) is 2.54. The molecule has 2 rings (SSSR count). The number of hydrogen-bond acceptors (Lipinski definition) is 2. The predicted octanol–water partition coefficient (Wildman–Crippen LogP) is 3.80. The first-order chi connectivity index (χ1) is 10.1. The SMILES string of the molecule is CN=C(NCc1ccc(Cl)nc1)N1CCC(CC(C)C)C1.I. The Balaban J connectivity index is 0.00000242. The number of nitrogens with one attached hydrogen (secondary N) is 1. The van der Waals surface area contributed by atoms with E-state index >= 15 is 0 Å². The Hall–Kier alpha value is -0.560. The molecule has 0 spiro atoms. The number of halogens is 2.